The van der Waals surface area contributed by atoms with Gasteiger partial charge in [-0.3, -0.25) is 4.79 Å². The van der Waals surface area contributed by atoms with Crippen molar-refractivity contribution in [3.05, 3.63) is 62.1 Å². The molecule has 18 heavy (non-hydrogen) atoms. The van der Waals surface area contributed by atoms with E-state index in [9.17, 15) is 4.79 Å². The van der Waals surface area contributed by atoms with Gasteiger partial charge in [0.2, 0.25) is 0 Å². The molecule has 2 rings (SSSR count). The summed E-state index contributed by atoms with van der Waals surface area (Å²) in [6.07, 6.45) is 0. The molecule has 0 radical (unpaired) electrons. The van der Waals surface area contributed by atoms with Crippen LogP contribution in [0.4, 0.5) is 0 Å². The van der Waals surface area contributed by atoms with Crippen LogP contribution in [0.25, 0.3) is 0 Å². The van der Waals surface area contributed by atoms with Crippen LogP contribution in [0.1, 0.15) is 10.4 Å². The van der Waals surface area contributed by atoms with Crippen molar-refractivity contribution in [2.75, 3.05) is 5.75 Å². The summed E-state index contributed by atoms with van der Waals surface area (Å²) < 4.78 is 2.19. The molecule has 0 aliphatic rings. The maximum absolute atomic E-state index is 12.0. The van der Waals surface area contributed by atoms with Gasteiger partial charge in [0.05, 0.1) is 5.75 Å². The third kappa shape index (κ3) is 4.10. The normalized spacial score (nSPS) is 10.3. The SMILES string of the molecule is O=C(CSc1ccc(Br)cc1)c1ccc(I)cc1. The molecule has 92 valence electrons. The van der Waals surface area contributed by atoms with E-state index < -0.39 is 0 Å². The zero-order valence-corrected chi connectivity index (χ0v) is 14.0. The molecule has 4 heteroatoms. The third-order valence-corrected chi connectivity index (χ3v) is 4.61. The van der Waals surface area contributed by atoms with Crippen LogP contribution in [0, 0.1) is 3.57 Å². The Morgan fingerprint density at radius 2 is 1.67 bits per heavy atom. The van der Waals surface area contributed by atoms with Crippen LogP contribution in [0.3, 0.4) is 0 Å². The van der Waals surface area contributed by atoms with Crippen LogP contribution in [-0.4, -0.2) is 11.5 Å². The van der Waals surface area contributed by atoms with Crippen molar-refractivity contribution in [1.29, 1.82) is 0 Å². The molecule has 0 unspecified atom stereocenters. The molecule has 0 fully saturated rings. The summed E-state index contributed by atoms with van der Waals surface area (Å²) in [6.45, 7) is 0. The van der Waals surface area contributed by atoms with Gasteiger partial charge < -0.3 is 0 Å². The molecule has 0 aliphatic carbocycles. The largest absolute Gasteiger partial charge is 0.293 e. The van der Waals surface area contributed by atoms with Crippen molar-refractivity contribution in [3.8, 4) is 0 Å². The zero-order chi connectivity index (χ0) is 13.0. The van der Waals surface area contributed by atoms with Gasteiger partial charge in [0, 0.05) is 18.5 Å². The third-order valence-electron chi connectivity index (χ3n) is 2.35. The maximum atomic E-state index is 12.0. The fourth-order valence-corrected chi connectivity index (χ4v) is 2.82. The summed E-state index contributed by atoms with van der Waals surface area (Å²) in [5, 5.41) is 0. The van der Waals surface area contributed by atoms with Gasteiger partial charge in [-0.1, -0.05) is 28.1 Å². The highest BCUT2D eigenvalue weighted by molar-refractivity contribution is 14.1. The minimum atomic E-state index is 0.166. The van der Waals surface area contributed by atoms with E-state index in [-0.39, 0.29) is 5.78 Å². The summed E-state index contributed by atoms with van der Waals surface area (Å²) in [5.41, 5.74) is 0.778. The van der Waals surface area contributed by atoms with Crippen molar-refractivity contribution >= 4 is 56.1 Å². The van der Waals surface area contributed by atoms with E-state index in [0.29, 0.717) is 5.75 Å². The van der Waals surface area contributed by atoms with Crippen LogP contribution in [0.2, 0.25) is 0 Å². The summed E-state index contributed by atoms with van der Waals surface area (Å²) in [7, 11) is 0. The Hall–Kier alpha value is -0.330. The van der Waals surface area contributed by atoms with Gasteiger partial charge >= 0.3 is 0 Å². The Morgan fingerprint density at radius 1 is 1.06 bits per heavy atom. The smallest absolute Gasteiger partial charge is 0.173 e. The number of hydrogen-bond acceptors (Lipinski definition) is 2. The molecule has 0 saturated carbocycles. The van der Waals surface area contributed by atoms with E-state index in [2.05, 4.69) is 38.5 Å². The fraction of sp³-hybridized carbons (Fsp3) is 0.0714. The number of ketones is 1. The average Bonchev–Trinajstić information content (AvgIpc) is 2.38. The van der Waals surface area contributed by atoms with Gasteiger partial charge in [0.25, 0.3) is 0 Å². The van der Waals surface area contributed by atoms with Gasteiger partial charge in [-0.25, -0.2) is 0 Å². The van der Waals surface area contributed by atoms with Gasteiger partial charge in [0.15, 0.2) is 5.78 Å². The van der Waals surface area contributed by atoms with Crippen LogP contribution in [-0.2, 0) is 0 Å². The second kappa shape index (κ2) is 6.73. The molecule has 0 spiro atoms. The highest BCUT2D eigenvalue weighted by Gasteiger charge is 2.06. The van der Waals surface area contributed by atoms with E-state index in [1.54, 1.807) is 11.8 Å². The topological polar surface area (TPSA) is 17.1 Å². The van der Waals surface area contributed by atoms with E-state index in [4.69, 9.17) is 0 Å². The molecule has 0 N–H and O–H groups in total. The lowest BCUT2D eigenvalue weighted by Crippen LogP contribution is -2.01. The Balaban J connectivity index is 1.96. The molecule has 0 amide bonds. The number of benzene rings is 2. The molecule has 2 aromatic carbocycles. The van der Waals surface area contributed by atoms with E-state index in [1.807, 2.05) is 48.5 Å². The fourth-order valence-electron chi connectivity index (χ4n) is 1.40. The van der Waals surface area contributed by atoms with E-state index in [0.717, 1.165) is 18.5 Å². The quantitative estimate of drug-likeness (QED) is 0.383. The Bertz CT molecular complexity index is 537. The minimum absolute atomic E-state index is 0.166. The predicted octanol–water partition coefficient (Wildman–Crippen LogP) is 5.03. The van der Waals surface area contributed by atoms with Crippen molar-refractivity contribution < 1.29 is 4.79 Å². The van der Waals surface area contributed by atoms with Crippen molar-refractivity contribution in [2.45, 2.75) is 4.90 Å². The standard InChI is InChI=1S/C14H10BrIOS/c15-11-3-7-13(8-4-11)18-9-14(17)10-1-5-12(16)6-2-10/h1-8H,9H2. The monoisotopic (exact) mass is 432 g/mol. The van der Waals surface area contributed by atoms with Gasteiger partial charge in [-0.2, -0.15) is 0 Å². The molecule has 0 bridgehead atoms. The van der Waals surface area contributed by atoms with Crippen molar-refractivity contribution in [2.24, 2.45) is 0 Å². The number of rotatable bonds is 4. The minimum Gasteiger partial charge on any atom is -0.293 e. The van der Waals surface area contributed by atoms with E-state index >= 15 is 0 Å². The van der Waals surface area contributed by atoms with Gasteiger partial charge in [-0.05, 0) is 59.0 Å². The Labute approximate surface area is 133 Å². The number of halogens is 2. The lowest BCUT2D eigenvalue weighted by Gasteiger charge is -2.02. The van der Waals surface area contributed by atoms with Gasteiger partial charge in [0.1, 0.15) is 0 Å². The number of carbonyl (C=O) groups excluding carboxylic acids is 1. The molecule has 1 nitrogen and oxygen atoms in total. The Morgan fingerprint density at radius 3 is 2.28 bits per heavy atom. The van der Waals surface area contributed by atoms with Crippen molar-refractivity contribution in [1.82, 2.24) is 0 Å². The first-order valence-electron chi connectivity index (χ1n) is 5.32. The molecule has 2 aromatic rings. The molecule has 0 saturated heterocycles. The second-order valence-corrected chi connectivity index (χ2v) is 6.88. The molecule has 0 aliphatic heterocycles. The van der Waals surface area contributed by atoms with Crippen LogP contribution in [0.5, 0.6) is 0 Å². The average molecular weight is 433 g/mol. The first kappa shape index (κ1) is 14.1. The lowest BCUT2D eigenvalue weighted by molar-refractivity contribution is 0.102. The summed E-state index contributed by atoms with van der Waals surface area (Å²) in [4.78, 5) is 13.1. The van der Waals surface area contributed by atoms with Gasteiger partial charge in [-0.15, -0.1) is 11.8 Å². The lowest BCUT2D eigenvalue weighted by atomic mass is 10.2. The summed E-state index contributed by atoms with van der Waals surface area (Å²) in [6, 6.07) is 15.7. The highest BCUT2D eigenvalue weighted by atomic mass is 127. The molecule has 0 aromatic heterocycles. The first-order valence-corrected chi connectivity index (χ1v) is 8.18. The number of hydrogen-bond donors (Lipinski definition) is 0. The Kier molecular flexibility index (Phi) is 5.26. The van der Waals surface area contributed by atoms with Crippen LogP contribution < -0.4 is 0 Å². The summed E-state index contributed by atoms with van der Waals surface area (Å²) >= 11 is 7.19. The molecular formula is C14H10BrIOS. The number of thioether (sulfide) groups is 1. The molecular weight excluding hydrogens is 423 g/mol. The van der Waals surface area contributed by atoms with E-state index in [1.165, 1.54) is 0 Å². The van der Waals surface area contributed by atoms with Crippen LogP contribution >= 0.6 is 50.3 Å². The highest BCUT2D eigenvalue weighted by Crippen LogP contribution is 2.21. The maximum Gasteiger partial charge on any atom is 0.173 e. The predicted molar refractivity (Wildman–Crippen MR) is 88.4 cm³/mol. The zero-order valence-electron chi connectivity index (χ0n) is 9.40. The van der Waals surface area contributed by atoms with Crippen LogP contribution in [0.15, 0.2) is 57.9 Å². The number of carbonyl (C=O) groups is 1. The first-order chi connectivity index (χ1) is 8.65. The second-order valence-electron chi connectivity index (χ2n) is 3.67. The number of Topliss-reactive ketones (excluding diaryl/α,β-unsaturated/α-hetero) is 1. The molecule has 0 atom stereocenters. The summed E-state index contributed by atoms with van der Waals surface area (Å²) in [5.74, 6) is 0.640. The molecule has 0 heterocycles. The van der Waals surface area contributed by atoms with Crippen molar-refractivity contribution in [3.63, 3.8) is 0 Å².